The van der Waals surface area contributed by atoms with E-state index < -0.39 is 11.9 Å². The molecule has 1 saturated heterocycles. The van der Waals surface area contributed by atoms with E-state index in [1.54, 1.807) is 17.3 Å². The van der Waals surface area contributed by atoms with Gasteiger partial charge in [0, 0.05) is 43.4 Å². The van der Waals surface area contributed by atoms with Crippen LogP contribution in [0.2, 0.25) is 0 Å². The Labute approximate surface area is 145 Å². The second-order valence-corrected chi connectivity index (χ2v) is 6.43. The summed E-state index contributed by atoms with van der Waals surface area (Å²) >= 11 is 0. The Kier molecular flexibility index (Phi) is 4.83. The van der Waals surface area contributed by atoms with Gasteiger partial charge < -0.3 is 14.5 Å². The Morgan fingerprint density at radius 3 is 2.60 bits per heavy atom. The van der Waals surface area contributed by atoms with E-state index >= 15 is 0 Å². The summed E-state index contributed by atoms with van der Waals surface area (Å²) in [6, 6.07) is 3.64. The van der Waals surface area contributed by atoms with Crippen molar-refractivity contribution in [3.8, 4) is 0 Å². The highest BCUT2D eigenvalue weighted by molar-refractivity contribution is 5.80. The molecule has 1 aliphatic heterocycles. The largest absolute Gasteiger partial charge is 0.481 e. The number of carboxylic acids is 1. The summed E-state index contributed by atoms with van der Waals surface area (Å²) in [7, 11) is 0. The number of hydrogen-bond acceptors (Lipinski definition) is 5. The van der Waals surface area contributed by atoms with Gasteiger partial charge in [-0.05, 0) is 38.0 Å². The van der Waals surface area contributed by atoms with Crippen molar-refractivity contribution in [3.63, 3.8) is 0 Å². The van der Waals surface area contributed by atoms with Crippen molar-refractivity contribution in [3.05, 3.63) is 47.1 Å². The summed E-state index contributed by atoms with van der Waals surface area (Å²) < 4.78 is 5.12. The van der Waals surface area contributed by atoms with Gasteiger partial charge in [0.15, 0.2) is 0 Å². The number of carbonyl (C=O) groups is 2. The maximum atomic E-state index is 12.6. The van der Waals surface area contributed by atoms with Gasteiger partial charge in [-0.15, -0.1) is 0 Å². The number of aromatic nitrogens is 2. The van der Waals surface area contributed by atoms with Crippen molar-refractivity contribution < 1.29 is 19.2 Å². The summed E-state index contributed by atoms with van der Waals surface area (Å²) in [6.07, 6.45) is 4.17. The summed E-state index contributed by atoms with van der Waals surface area (Å²) in [6.45, 7) is 4.34. The Hall–Kier alpha value is -2.70. The van der Waals surface area contributed by atoms with Crippen LogP contribution in [0, 0.1) is 19.8 Å². The van der Waals surface area contributed by atoms with E-state index in [1.165, 1.54) is 0 Å². The minimum absolute atomic E-state index is 0.0391. The normalized spacial score (nSPS) is 20.0. The van der Waals surface area contributed by atoms with Crippen molar-refractivity contribution in [2.75, 3.05) is 13.1 Å². The third-order valence-corrected chi connectivity index (χ3v) is 4.89. The lowest BCUT2D eigenvalue weighted by molar-refractivity contribution is -0.141. The van der Waals surface area contributed by atoms with Crippen LogP contribution in [-0.4, -0.2) is 45.1 Å². The quantitative estimate of drug-likeness (QED) is 0.891. The van der Waals surface area contributed by atoms with Gasteiger partial charge in [0.25, 0.3) is 0 Å². The predicted molar refractivity (Wildman–Crippen MR) is 89.0 cm³/mol. The van der Waals surface area contributed by atoms with Crippen LogP contribution in [0.15, 0.2) is 29.0 Å². The van der Waals surface area contributed by atoms with Gasteiger partial charge in [0.2, 0.25) is 5.91 Å². The lowest BCUT2D eigenvalue weighted by atomic mass is 9.90. The molecule has 0 unspecified atom stereocenters. The number of pyridine rings is 1. The molecule has 0 radical (unpaired) electrons. The molecule has 1 fully saturated rings. The Morgan fingerprint density at radius 2 is 2.00 bits per heavy atom. The average molecular weight is 343 g/mol. The van der Waals surface area contributed by atoms with E-state index in [4.69, 9.17) is 4.52 Å². The van der Waals surface area contributed by atoms with Crippen molar-refractivity contribution in [2.45, 2.75) is 32.6 Å². The number of carboxylic acid groups (broad SMARTS) is 1. The SMILES string of the molecule is Cc1noc(C)c1CCC(=O)N1C[C@@H](C(=O)O)[C@H](c2ccncc2)C1. The molecule has 0 spiro atoms. The topological polar surface area (TPSA) is 96.5 Å². The van der Waals surface area contributed by atoms with Crippen LogP contribution in [0.5, 0.6) is 0 Å². The molecule has 2 aromatic rings. The average Bonchev–Trinajstić information content (AvgIpc) is 3.18. The summed E-state index contributed by atoms with van der Waals surface area (Å²) in [5.74, 6) is -0.982. The van der Waals surface area contributed by atoms with E-state index in [0.29, 0.717) is 19.4 Å². The van der Waals surface area contributed by atoms with E-state index in [-0.39, 0.29) is 18.4 Å². The molecule has 2 atom stereocenters. The summed E-state index contributed by atoms with van der Waals surface area (Å²) in [5.41, 5.74) is 2.65. The number of carbonyl (C=O) groups excluding carboxylic acids is 1. The van der Waals surface area contributed by atoms with Gasteiger partial charge >= 0.3 is 5.97 Å². The summed E-state index contributed by atoms with van der Waals surface area (Å²) in [4.78, 5) is 29.8. The fourth-order valence-corrected chi connectivity index (χ4v) is 3.45. The Morgan fingerprint density at radius 1 is 1.28 bits per heavy atom. The highest BCUT2D eigenvalue weighted by atomic mass is 16.5. The molecule has 1 aliphatic rings. The number of rotatable bonds is 5. The number of aliphatic carboxylic acids is 1. The minimum atomic E-state index is -0.872. The maximum Gasteiger partial charge on any atom is 0.308 e. The van der Waals surface area contributed by atoms with E-state index in [2.05, 4.69) is 10.1 Å². The van der Waals surface area contributed by atoms with E-state index in [1.807, 2.05) is 26.0 Å². The molecule has 25 heavy (non-hydrogen) atoms. The Balaban J connectivity index is 1.68. The number of hydrogen-bond donors (Lipinski definition) is 1. The zero-order valence-electron chi connectivity index (χ0n) is 14.3. The fraction of sp³-hybridized carbons (Fsp3) is 0.444. The first-order valence-electron chi connectivity index (χ1n) is 8.29. The second kappa shape index (κ2) is 7.04. The van der Waals surface area contributed by atoms with Crippen LogP contribution >= 0.6 is 0 Å². The second-order valence-electron chi connectivity index (χ2n) is 6.43. The van der Waals surface area contributed by atoms with Crippen molar-refractivity contribution >= 4 is 11.9 Å². The van der Waals surface area contributed by atoms with Gasteiger partial charge in [0.05, 0.1) is 11.6 Å². The number of aryl methyl sites for hydroxylation is 2. The smallest absolute Gasteiger partial charge is 0.308 e. The molecule has 0 aromatic carbocycles. The molecule has 0 bridgehead atoms. The molecule has 132 valence electrons. The Bertz CT molecular complexity index is 752. The number of amides is 1. The molecule has 1 N–H and O–H groups in total. The zero-order chi connectivity index (χ0) is 18.0. The number of nitrogens with zero attached hydrogens (tertiary/aromatic N) is 3. The van der Waals surface area contributed by atoms with Crippen molar-refractivity contribution in [2.24, 2.45) is 5.92 Å². The first kappa shape index (κ1) is 17.1. The van der Waals surface area contributed by atoms with Gasteiger partial charge in [-0.2, -0.15) is 0 Å². The van der Waals surface area contributed by atoms with Gasteiger partial charge in [-0.25, -0.2) is 0 Å². The molecule has 3 heterocycles. The molecule has 2 aromatic heterocycles. The van der Waals surface area contributed by atoms with Crippen LogP contribution in [-0.2, 0) is 16.0 Å². The third-order valence-electron chi connectivity index (χ3n) is 4.89. The molecular formula is C18H21N3O4. The minimum Gasteiger partial charge on any atom is -0.481 e. The van der Waals surface area contributed by atoms with E-state index in [9.17, 15) is 14.7 Å². The monoisotopic (exact) mass is 343 g/mol. The maximum absolute atomic E-state index is 12.6. The molecule has 7 nitrogen and oxygen atoms in total. The molecule has 0 aliphatic carbocycles. The molecular weight excluding hydrogens is 322 g/mol. The van der Waals surface area contributed by atoms with Crippen molar-refractivity contribution in [1.82, 2.24) is 15.0 Å². The van der Waals surface area contributed by atoms with Crippen LogP contribution in [0.25, 0.3) is 0 Å². The first-order chi connectivity index (χ1) is 12.0. The van der Waals surface area contributed by atoms with Crippen molar-refractivity contribution in [1.29, 1.82) is 0 Å². The molecule has 1 amide bonds. The standard InChI is InChI=1S/C18H21N3O4/c1-11-14(12(2)25-20-11)3-4-17(22)21-9-15(16(10-21)18(23)24)13-5-7-19-8-6-13/h5-8,15-16H,3-4,9-10H2,1-2H3,(H,23,24)/t15-,16+/m0/s1. The van der Waals surface area contributed by atoms with Crippen LogP contribution in [0.4, 0.5) is 0 Å². The van der Waals surface area contributed by atoms with Crippen LogP contribution in [0.3, 0.4) is 0 Å². The highest BCUT2D eigenvalue weighted by Crippen LogP contribution is 2.33. The molecule has 7 heteroatoms. The van der Waals surface area contributed by atoms with E-state index in [0.717, 1.165) is 22.6 Å². The predicted octanol–water partition coefficient (Wildman–Crippen LogP) is 1.95. The summed E-state index contributed by atoms with van der Waals surface area (Å²) in [5, 5.41) is 13.4. The van der Waals surface area contributed by atoms with Gasteiger partial charge in [0.1, 0.15) is 5.76 Å². The van der Waals surface area contributed by atoms with Crippen LogP contribution < -0.4 is 0 Å². The number of likely N-dealkylation sites (tertiary alicyclic amines) is 1. The zero-order valence-corrected chi connectivity index (χ0v) is 14.3. The first-order valence-corrected chi connectivity index (χ1v) is 8.29. The molecule has 3 rings (SSSR count). The lowest BCUT2D eigenvalue weighted by Gasteiger charge is -2.16. The third kappa shape index (κ3) is 3.55. The highest BCUT2D eigenvalue weighted by Gasteiger charge is 2.40. The lowest BCUT2D eigenvalue weighted by Crippen LogP contribution is -2.30. The van der Waals surface area contributed by atoms with Gasteiger partial charge in [-0.1, -0.05) is 5.16 Å². The van der Waals surface area contributed by atoms with Crippen LogP contribution in [0.1, 0.15) is 34.9 Å². The molecule has 0 saturated carbocycles. The fourth-order valence-electron chi connectivity index (χ4n) is 3.45. The van der Waals surface area contributed by atoms with Gasteiger partial charge in [-0.3, -0.25) is 14.6 Å².